The monoisotopic (exact) mass is 312 g/mol. The first-order valence-corrected chi connectivity index (χ1v) is 7.48. The van der Waals surface area contributed by atoms with Crippen LogP contribution >= 0.6 is 0 Å². The van der Waals surface area contributed by atoms with Crippen LogP contribution in [0.1, 0.15) is 38.3 Å². The molecule has 0 bridgehead atoms. The Morgan fingerprint density at radius 3 is 1.61 bits per heavy atom. The molecule has 2 aromatic rings. The number of ether oxygens (including phenoxy) is 2. The summed E-state index contributed by atoms with van der Waals surface area (Å²) in [6.45, 7) is 0. The second-order valence-corrected chi connectivity index (χ2v) is 5.24. The Balaban J connectivity index is 1.95. The van der Waals surface area contributed by atoms with E-state index >= 15 is 0 Å². The van der Waals surface area contributed by atoms with Crippen molar-refractivity contribution >= 4 is 11.9 Å². The zero-order valence-corrected chi connectivity index (χ0v) is 13.4. The maximum atomic E-state index is 11.5. The first-order valence-electron chi connectivity index (χ1n) is 7.48. The zero-order valence-electron chi connectivity index (χ0n) is 13.4. The number of carbonyl (C=O) groups is 2. The number of esters is 2. The van der Waals surface area contributed by atoms with Crippen LogP contribution in [0.5, 0.6) is 0 Å². The second kappa shape index (κ2) is 8.13. The molecule has 0 atom stereocenters. The quantitative estimate of drug-likeness (QED) is 0.767. The fraction of sp³-hybridized carbons (Fsp3) is 0.263. The van der Waals surface area contributed by atoms with E-state index < -0.39 is 0 Å². The van der Waals surface area contributed by atoms with Gasteiger partial charge in [-0.3, -0.25) is 0 Å². The van der Waals surface area contributed by atoms with Gasteiger partial charge < -0.3 is 9.47 Å². The van der Waals surface area contributed by atoms with Crippen molar-refractivity contribution < 1.29 is 19.1 Å². The van der Waals surface area contributed by atoms with Crippen molar-refractivity contribution in [2.45, 2.75) is 19.3 Å². The highest BCUT2D eigenvalue weighted by Gasteiger charge is 2.07. The van der Waals surface area contributed by atoms with Crippen LogP contribution in [0, 0.1) is 0 Å². The number of hydrogen-bond acceptors (Lipinski definition) is 4. The minimum atomic E-state index is -0.322. The summed E-state index contributed by atoms with van der Waals surface area (Å²) in [5.41, 5.74) is 3.32. The van der Waals surface area contributed by atoms with E-state index in [1.807, 2.05) is 36.4 Å². The summed E-state index contributed by atoms with van der Waals surface area (Å²) in [5, 5.41) is 0. The average molecular weight is 312 g/mol. The molecule has 120 valence electrons. The minimum Gasteiger partial charge on any atom is -0.465 e. The molecule has 4 heteroatoms. The normalized spacial score (nSPS) is 10.2. The predicted octanol–water partition coefficient (Wildman–Crippen LogP) is 3.44. The van der Waals surface area contributed by atoms with Gasteiger partial charge in [0, 0.05) is 0 Å². The van der Waals surface area contributed by atoms with Crippen LogP contribution in [0.2, 0.25) is 0 Å². The largest absolute Gasteiger partial charge is 0.465 e. The van der Waals surface area contributed by atoms with E-state index in [1.165, 1.54) is 14.2 Å². The van der Waals surface area contributed by atoms with Crippen molar-refractivity contribution in [1.29, 1.82) is 0 Å². The molecule has 0 N–H and O–H groups in total. The molecule has 0 unspecified atom stereocenters. The number of hydrogen-bond donors (Lipinski definition) is 0. The topological polar surface area (TPSA) is 52.6 Å². The lowest BCUT2D eigenvalue weighted by atomic mass is 10.0. The number of rotatable bonds is 6. The zero-order chi connectivity index (χ0) is 16.7. The second-order valence-electron chi connectivity index (χ2n) is 5.24. The van der Waals surface area contributed by atoms with Crippen LogP contribution in [0.4, 0.5) is 0 Å². The summed E-state index contributed by atoms with van der Waals surface area (Å²) in [5.74, 6) is -0.643. The number of carbonyl (C=O) groups excluding carboxylic acids is 2. The van der Waals surface area contributed by atoms with Gasteiger partial charge in [0.1, 0.15) is 0 Å². The molecule has 0 radical (unpaired) electrons. The summed E-state index contributed by atoms with van der Waals surface area (Å²) >= 11 is 0. The Morgan fingerprint density at radius 1 is 0.783 bits per heavy atom. The van der Waals surface area contributed by atoms with Crippen molar-refractivity contribution in [2.75, 3.05) is 14.2 Å². The molecule has 4 nitrogen and oxygen atoms in total. The molecule has 0 aromatic heterocycles. The summed E-state index contributed by atoms with van der Waals surface area (Å²) < 4.78 is 9.46. The van der Waals surface area contributed by atoms with Crippen molar-refractivity contribution in [3.63, 3.8) is 0 Å². The van der Waals surface area contributed by atoms with Gasteiger partial charge in [-0.15, -0.1) is 0 Å². The number of methoxy groups -OCH3 is 2. The summed E-state index contributed by atoms with van der Waals surface area (Å²) in [6, 6.07) is 14.9. The lowest BCUT2D eigenvalue weighted by Gasteiger charge is -2.06. The third-order valence-electron chi connectivity index (χ3n) is 3.63. The molecule has 0 aliphatic carbocycles. The molecule has 0 saturated carbocycles. The van der Waals surface area contributed by atoms with Crippen LogP contribution in [-0.2, 0) is 22.3 Å². The number of aryl methyl sites for hydroxylation is 2. The van der Waals surface area contributed by atoms with E-state index in [1.54, 1.807) is 12.1 Å². The first-order chi connectivity index (χ1) is 11.1. The highest BCUT2D eigenvalue weighted by atomic mass is 16.5. The van der Waals surface area contributed by atoms with Gasteiger partial charge in [-0.25, -0.2) is 9.59 Å². The summed E-state index contributed by atoms with van der Waals surface area (Å²) in [7, 11) is 2.76. The van der Waals surface area contributed by atoms with E-state index in [2.05, 4.69) is 0 Å². The molecule has 0 saturated heterocycles. The Hall–Kier alpha value is -2.62. The first kappa shape index (κ1) is 16.7. The van der Waals surface area contributed by atoms with Crippen LogP contribution in [-0.4, -0.2) is 26.2 Å². The SMILES string of the molecule is COC(=O)c1cccc(CCCc2cccc(C(=O)OC)c2)c1. The van der Waals surface area contributed by atoms with Crippen LogP contribution < -0.4 is 0 Å². The molecule has 23 heavy (non-hydrogen) atoms. The van der Waals surface area contributed by atoms with Crippen LogP contribution in [0.3, 0.4) is 0 Å². The van der Waals surface area contributed by atoms with Gasteiger partial charge in [-0.2, -0.15) is 0 Å². The smallest absolute Gasteiger partial charge is 0.337 e. The highest BCUT2D eigenvalue weighted by Crippen LogP contribution is 2.13. The van der Waals surface area contributed by atoms with E-state index in [4.69, 9.17) is 9.47 Å². The van der Waals surface area contributed by atoms with Crippen LogP contribution in [0.25, 0.3) is 0 Å². The molecule has 0 fully saturated rings. The molecule has 0 spiro atoms. The lowest BCUT2D eigenvalue weighted by molar-refractivity contribution is 0.0592. The maximum absolute atomic E-state index is 11.5. The van der Waals surface area contributed by atoms with E-state index in [-0.39, 0.29) is 11.9 Å². The molecule has 0 amide bonds. The third-order valence-corrected chi connectivity index (χ3v) is 3.63. The van der Waals surface area contributed by atoms with Gasteiger partial charge >= 0.3 is 11.9 Å². The van der Waals surface area contributed by atoms with Crippen molar-refractivity contribution in [2.24, 2.45) is 0 Å². The molecular formula is C19H20O4. The minimum absolute atomic E-state index is 0.322. The predicted molar refractivity (Wildman–Crippen MR) is 87.6 cm³/mol. The molecular weight excluding hydrogens is 292 g/mol. The number of benzene rings is 2. The summed E-state index contributed by atoms with van der Waals surface area (Å²) in [6.07, 6.45) is 2.63. The fourth-order valence-corrected chi connectivity index (χ4v) is 2.44. The van der Waals surface area contributed by atoms with Crippen molar-refractivity contribution in [1.82, 2.24) is 0 Å². The van der Waals surface area contributed by atoms with Crippen molar-refractivity contribution in [3.05, 3.63) is 70.8 Å². The Kier molecular flexibility index (Phi) is 5.92. The van der Waals surface area contributed by atoms with E-state index in [0.29, 0.717) is 11.1 Å². The van der Waals surface area contributed by atoms with Gasteiger partial charge in [0.2, 0.25) is 0 Å². The van der Waals surface area contributed by atoms with E-state index in [9.17, 15) is 9.59 Å². The molecule has 2 aromatic carbocycles. The Bertz CT molecular complexity index is 632. The average Bonchev–Trinajstić information content (AvgIpc) is 2.61. The summed E-state index contributed by atoms with van der Waals surface area (Å²) in [4.78, 5) is 23.0. The fourth-order valence-electron chi connectivity index (χ4n) is 2.44. The van der Waals surface area contributed by atoms with Gasteiger partial charge in [0.15, 0.2) is 0 Å². The standard InChI is InChI=1S/C19H20O4/c1-22-18(20)16-10-4-8-14(12-16)6-3-7-15-9-5-11-17(13-15)19(21)23-2/h4-5,8-13H,3,6-7H2,1-2H3. The van der Waals surface area contributed by atoms with Crippen LogP contribution in [0.15, 0.2) is 48.5 Å². The van der Waals surface area contributed by atoms with Gasteiger partial charge in [0.05, 0.1) is 25.3 Å². The van der Waals surface area contributed by atoms with Crippen molar-refractivity contribution in [3.8, 4) is 0 Å². The van der Waals surface area contributed by atoms with E-state index in [0.717, 1.165) is 30.4 Å². The van der Waals surface area contributed by atoms with Gasteiger partial charge in [-0.05, 0) is 54.7 Å². The molecule has 0 aliphatic heterocycles. The molecule has 2 rings (SSSR count). The Labute approximate surface area is 136 Å². The maximum Gasteiger partial charge on any atom is 0.337 e. The van der Waals surface area contributed by atoms with Gasteiger partial charge in [-0.1, -0.05) is 24.3 Å². The third kappa shape index (κ3) is 4.68. The lowest BCUT2D eigenvalue weighted by Crippen LogP contribution is -2.02. The molecule has 0 aliphatic rings. The Morgan fingerprint density at radius 2 is 1.22 bits per heavy atom. The van der Waals surface area contributed by atoms with Gasteiger partial charge in [0.25, 0.3) is 0 Å². The highest BCUT2D eigenvalue weighted by molar-refractivity contribution is 5.89. The molecule has 0 heterocycles.